The van der Waals surface area contributed by atoms with Crippen molar-refractivity contribution in [1.82, 2.24) is 4.90 Å². The van der Waals surface area contributed by atoms with Crippen LogP contribution in [0.5, 0.6) is 0 Å². The second kappa shape index (κ2) is 5.72. The fourth-order valence-corrected chi connectivity index (χ4v) is 2.76. The maximum atomic E-state index is 11.7. The molecular formula is C15H21NO3. The Labute approximate surface area is 114 Å². The lowest BCUT2D eigenvalue weighted by Crippen LogP contribution is -2.43. The van der Waals surface area contributed by atoms with Gasteiger partial charge in [0.2, 0.25) is 5.91 Å². The van der Waals surface area contributed by atoms with E-state index < -0.39 is 6.10 Å². The van der Waals surface area contributed by atoms with Crippen LogP contribution >= 0.6 is 0 Å². The number of amides is 1. The highest BCUT2D eigenvalue weighted by Gasteiger charge is 2.23. The van der Waals surface area contributed by atoms with E-state index in [0.29, 0.717) is 19.7 Å². The Morgan fingerprint density at radius 1 is 1.32 bits per heavy atom. The Bertz CT molecular complexity index is 461. The Kier molecular flexibility index (Phi) is 4.22. The first-order chi connectivity index (χ1) is 8.99. The molecule has 104 valence electrons. The monoisotopic (exact) mass is 263 g/mol. The van der Waals surface area contributed by atoms with Crippen molar-refractivity contribution in [2.45, 2.75) is 26.9 Å². The van der Waals surface area contributed by atoms with Gasteiger partial charge in [-0.05, 0) is 37.5 Å². The van der Waals surface area contributed by atoms with Gasteiger partial charge in [0.15, 0.2) is 0 Å². The standard InChI is InChI=1S/C15H21NO3/c1-10-6-11(2)15(12(3)7-10)13(17)8-16-4-5-19-9-14(16)18/h6-7,13,17H,4-5,8-9H2,1-3H3. The van der Waals surface area contributed by atoms with Gasteiger partial charge in [0.05, 0.1) is 19.3 Å². The van der Waals surface area contributed by atoms with E-state index in [1.807, 2.05) is 20.8 Å². The number of morpholine rings is 1. The zero-order valence-electron chi connectivity index (χ0n) is 11.8. The smallest absolute Gasteiger partial charge is 0.248 e. The maximum Gasteiger partial charge on any atom is 0.248 e. The predicted octanol–water partition coefficient (Wildman–Crippen LogP) is 1.50. The molecule has 1 aromatic rings. The van der Waals surface area contributed by atoms with Crippen LogP contribution in [0, 0.1) is 20.8 Å². The largest absolute Gasteiger partial charge is 0.387 e. The Balaban J connectivity index is 2.15. The summed E-state index contributed by atoms with van der Waals surface area (Å²) in [4.78, 5) is 13.3. The van der Waals surface area contributed by atoms with Crippen molar-refractivity contribution in [3.05, 3.63) is 34.4 Å². The minimum absolute atomic E-state index is 0.0484. The van der Waals surface area contributed by atoms with Crippen molar-refractivity contribution >= 4 is 5.91 Å². The minimum atomic E-state index is -0.636. The van der Waals surface area contributed by atoms with Crippen molar-refractivity contribution in [1.29, 1.82) is 0 Å². The van der Waals surface area contributed by atoms with Gasteiger partial charge in [-0.2, -0.15) is 0 Å². The number of benzene rings is 1. The first-order valence-corrected chi connectivity index (χ1v) is 6.60. The van der Waals surface area contributed by atoms with E-state index in [-0.39, 0.29) is 12.5 Å². The molecule has 0 bridgehead atoms. The van der Waals surface area contributed by atoms with Gasteiger partial charge in [-0.3, -0.25) is 4.79 Å². The lowest BCUT2D eigenvalue weighted by atomic mass is 9.95. The van der Waals surface area contributed by atoms with Gasteiger partial charge in [0.1, 0.15) is 6.61 Å². The normalized spacial score (nSPS) is 17.7. The van der Waals surface area contributed by atoms with Crippen molar-refractivity contribution in [2.24, 2.45) is 0 Å². The second-order valence-electron chi connectivity index (χ2n) is 5.22. The van der Waals surface area contributed by atoms with E-state index in [1.165, 1.54) is 5.56 Å². The first-order valence-electron chi connectivity index (χ1n) is 6.60. The van der Waals surface area contributed by atoms with Gasteiger partial charge in [-0.15, -0.1) is 0 Å². The predicted molar refractivity (Wildman–Crippen MR) is 73.0 cm³/mol. The summed E-state index contributed by atoms with van der Waals surface area (Å²) >= 11 is 0. The van der Waals surface area contributed by atoms with Crippen molar-refractivity contribution in [2.75, 3.05) is 26.3 Å². The van der Waals surface area contributed by atoms with Crippen LogP contribution in [-0.4, -0.2) is 42.2 Å². The number of ether oxygens (including phenoxy) is 1. The third kappa shape index (κ3) is 3.14. The molecule has 1 atom stereocenters. The molecule has 1 aliphatic heterocycles. The second-order valence-corrected chi connectivity index (χ2v) is 5.22. The van der Waals surface area contributed by atoms with Gasteiger partial charge < -0.3 is 14.7 Å². The highest BCUT2D eigenvalue weighted by Crippen LogP contribution is 2.24. The zero-order valence-corrected chi connectivity index (χ0v) is 11.8. The van der Waals surface area contributed by atoms with Crippen LogP contribution in [0.15, 0.2) is 12.1 Å². The topological polar surface area (TPSA) is 49.8 Å². The molecule has 4 heteroatoms. The lowest BCUT2D eigenvalue weighted by molar-refractivity contribution is -0.144. The summed E-state index contributed by atoms with van der Waals surface area (Å²) < 4.78 is 5.09. The molecule has 1 fully saturated rings. The van der Waals surface area contributed by atoms with Crippen LogP contribution in [0.25, 0.3) is 0 Å². The molecule has 1 amide bonds. The molecule has 0 aliphatic carbocycles. The summed E-state index contributed by atoms with van der Waals surface area (Å²) in [6.45, 7) is 7.61. The Morgan fingerprint density at radius 3 is 2.53 bits per heavy atom. The van der Waals surface area contributed by atoms with Gasteiger partial charge >= 0.3 is 0 Å². The number of nitrogens with zero attached hydrogens (tertiary/aromatic N) is 1. The van der Waals surface area contributed by atoms with E-state index in [0.717, 1.165) is 16.7 Å². The molecule has 2 rings (SSSR count). The summed E-state index contributed by atoms with van der Waals surface area (Å²) in [6.07, 6.45) is -0.636. The summed E-state index contributed by atoms with van der Waals surface area (Å²) in [5.41, 5.74) is 4.27. The van der Waals surface area contributed by atoms with E-state index in [9.17, 15) is 9.90 Å². The number of aliphatic hydroxyl groups is 1. The quantitative estimate of drug-likeness (QED) is 0.899. The van der Waals surface area contributed by atoms with Gasteiger partial charge in [0, 0.05) is 6.54 Å². The molecule has 0 saturated carbocycles. The number of hydrogen-bond acceptors (Lipinski definition) is 3. The summed E-state index contributed by atoms with van der Waals surface area (Å²) in [5, 5.41) is 10.4. The Hall–Kier alpha value is -1.39. The van der Waals surface area contributed by atoms with Crippen LogP contribution in [0.4, 0.5) is 0 Å². The molecule has 4 nitrogen and oxygen atoms in total. The lowest BCUT2D eigenvalue weighted by Gasteiger charge is -2.29. The third-order valence-electron chi connectivity index (χ3n) is 3.55. The van der Waals surface area contributed by atoms with Crippen molar-refractivity contribution in [3.8, 4) is 0 Å². The average molecular weight is 263 g/mol. The number of rotatable bonds is 3. The average Bonchev–Trinajstić information content (AvgIpc) is 2.30. The zero-order chi connectivity index (χ0) is 14.0. The van der Waals surface area contributed by atoms with Crippen molar-refractivity contribution in [3.63, 3.8) is 0 Å². The number of aliphatic hydroxyl groups excluding tert-OH is 1. The molecule has 19 heavy (non-hydrogen) atoms. The van der Waals surface area contributed by atoms with Crippen molar-refractivity contribution < 1.29 is 14.6 Å². The van der Waals surface area contributed by atoms with E-state index in [4.69, 9.17) is 4.74 Å². The van der Waals surface area contributed by atoms with Gasteiger partial charge in [-0.1, -0.05) is 17.7 Å². The molecule has 0 radical (unpaired) electrons. The molecule has 1 N–H and O–H groups in total. The van der Waals surface area contributed by atoms with E-state index >= 15 is 0 Å². The number of carbonyl (C=O) groups is 1. The number of hydrogen-bond donors (Lipinski definition) is 1. The molecule has 1 aromatic carbocycles. The Morgan fingerprint density at radius 2 is 1.95 bits per heavy atom. The highest BCUT2D eigenvalue weighted by molar-refractivity contribution is 5.78. The molecule has 0 aromatic heterocycles. The SMILES string of the molecule is Cc1cc(C)c(C(O)CN2CCOCC2=O)c(C)c1. The van der Waals surface area contributed by atoms with E-state index in [2.05, 4.69) is 12.1 Å². The summed E-state index contributed by atoms with van der Waals surface area (Å²) in [6, 6.07) is 4.12. The van der Waals surface area contributed by atoms with Gasteiger partial charge in [-0.25, -0.2) is 0 Å². The molecule has 1 saturated heterocycles. The molecule has 1 aliphatic rings. The highest BCUT2D eigenvalue weighted by atomic mass is 16.5. The molecule has 1 heterocycles. The number of aryl methyl sites for hydroxylation is 3. The third-order valence-corrected chi connectivity index (χ3v) is 3.55. The maximum absolute atomic E-state index is 11.7. The van der Waals surface area contributed by atoms with Gasteiger partial charge in [0.25, 0.3) is 0 Å². The number of carbonyl (C=O) groups excluding carboxylic acids is 1. The minimum Gasteiger partial charge on any atom is -0.387 e. The van der Waals surface area contributed by atoms with Crippen LogP contribution in [0.3, 0.4) is 0 Å². The summed E-state index contributed by atoms with van der Waals surface area (Å²) in [7, 11) is 0. The molecule has 1 unspecified atom stereocenters. The number of β-amino-alcohol motifs (C(OH)–C–C–N with tert-alkyl or cyclic N) is 1. The summed E-state index contributed by atoms with van der Waals surface area (Å²) in [5.74, 6) is -0.0484. The van der Waals surface area contributed by atoms with E-state index in [1.54, 1.807) is 4.90 Å². The fraction of sp³-hybridized carbons (Fsp3) is 0.533. The first kappa shape index (κ1) is 14.0. The van der Waals surface area contributed by atoms with Crippen LogP contribution in [-0.2, 0) is 9.53 Å². The fourth-order valence-electron chi connectivity index (χ4n) is 2.76. The molecule has 0 spiro atoms. The van der Waals surface area contributed by atoms with Crippen LogP contribution < -0.4 is 0 Å². The molecular weight excluding hydrogens is 242 g/mol. The van der Waals surface area contributed by atoms with Crippen LogP contribution in [0.2, 0.25) is 0 Å². The van der Waals surface area contributed by atoms with Crippen LogP contribution in [0.1, 0.15) is 28.4 Å².